The number of hydrogen-bond acceptors (Lipinski definition) is 3. The van der Waals surface area contributed by atoms with Crippen LogP contribution in [0.2, 0.25) is 0 Å². The van der Waals surface area contributed by atoms with Gasteiger partial charge in [-0.1, -0.05) is 36.4 Å². The van der Waals surface area contributed by atoms with Gasteiger partial charge in [0, 0.05) is 12.2 Å². The second-order valence-corrected chi connectivity index (χ2v) is 6.35. The SMILES string of the molecule is C[C@H](OCc1ccccc1)C(=O)N(C1CC1)[C@H](C)c1ccccn1. The number of carbonyl (C=O) groups is 1. The van der Waals surface area contributed by atoms with Crippen molar-refractivity contribution >= 4 is 5.91 Å². The van der Waals surface area contributed by atoms with Gasteiger partial charge in [0.15, 0.2) is 0 Å². The fourth-order valence-corrected chi connectivity index (χ4v) is 2.88. The Labute approximate surface area is 143 Å². The van der Waals surface area contributed by atoms with Gasteiger partial charge in [-0.15, -0.1) is 0 Å². The average Bonchev–Trinajstić information content (AvgIpc) is 3.46. The molecule has 4 nitrogen and oxygen atoms in total. The van der Waals surface area contributed by atoms with Crippen molar-refractivity contribution in [3.8, 4) is 0 Å². The van der Waals surface area contributed by atoms with Gasteiger partial charge >= 0.3 is 0 Å². The summed E-state index contributed by atoms with van der Waals surface area (Å²) in [5.74, 6) is 0.0478. The fraction of sp³-hybridized carbons (Fsp3) is 0.400. The second-order valence-electron chi connectivity index (χ2n) is 6.35. The van der Waals surface area contributed by atoms with Gasteiger partial charge in [0.25, 0.3) is 5.91 Å². The molecule has 1 aliphatic rings. The molecule has 2 atom stereocenters. The minimum absolute atomic E-state index is 0.0334. The van der Waals surface area contributed by atoms with Crippen LogP contribution in [0, 0.1) is 0 Å². The van der Waals surface area contributed by atoms with E-state index in [2.05, 4.69) is 4.98 Å². The van der Waals surface area contributed by atoms with Gasteiger partial charge in [-0.3, -0.25) is 9.78 Å². The highest BCUT2D eigenvalue weighted by molar-refractivity contribution is 5.81. The van der Waals surface area contributed by atoms with Crippen LogP contribution in [0.4, 0.5) is 0 Å². The highest BCUT2D eigenvalue weighted by atomic mass is 16.5. The van der Waals surface area contributed by atoms with Crippen LogP contribution in [0.25, 0.3) is 0 Å². The Balaban J connectivity index is 1.66. The lowest BCUT2D eigenvalue weighted by molar-refractivity contribution is -0.146. The van der Waals surface area contributed by atoms with Crippen molar-refractivity contribution in [2.45, 2.75) is 51.5 Å². The van der Waals surface area contributed by atoms with Crippen LogP contribution >= 0.6 is 0 Å². The van der Waals surface area contributed by atoms with Crippen molar-refractivity contribution in [3.05, 3.63) is 66.0 Å². The molecule has 24 heavy (non-hydrogen) atoms. The van der Waals surface area contributed by atoms with E-state index in [9.17, 15) is 4.79 Å². The fourth-order valence-electron chi connectivity index (χ4n) is 2.88. The average molecular weight is 324 g/mol. The molecule has 4 heteroatoms. The summed E-state index contributed by atoms with van der Waals surface area (Å²) in [5, 5.41) is 0. The molecule has 1 heterocycles. The lowest BCUT2D eigenvalue weighted by atomic mass is 10.1. The van der Waals surface area contributed by atoms with Crippen LogP contribution < -0.4 is 0 Å². The Morgan fingerprint density at radius 2 is 1.88 bits per heavy atom. The quantitative estimate of drug-likeness (QED) is 0.779. The molecule has 0 aliphatic heterocycles. The molecular weight excluding hydrogens is 300 g/mol. The molecule has 3 rings (SSSR count). The van der Waals surface area contributed by atoms with Gasteiger partial charge in [0.2, 0.25) is 0 Å². The summed E-state index contributed by atoms with van der Waals surface area (Å²) in [4.78, 5) is 19.3. The third-order valence-electron chi connectivity index (χ3n) is 4.42. The third kappa shape index (κ3) is 4.01. The number of benzene rings is 1. The zero-order valence-electron chi connectivity index (χ0n) is 14.3. The van der Waals surface area contributed by atoms with Crippen LogP contribution in [0.5, 0.6) is 0 Å². The smallest absolute Gasteiger partial charge is 0.252 e. The highest BCUT2D eigenvalue weighted by Gasteiger charge is 2.38. The molecule has 0 N–H and O–H groups in total. The monoisotopic (exact) mass is 324 g/mol. The summed E-state index contributed by atoms with van der Waals surface area (Å²) in [5.41, 5.74) is 2.00. The van der Waals surface area contributed by atoms with Crippen LogP contribution in [0.1, 0.15) is 44.0 Å². The van der Waals surface area contributed by atoms with Crippen molar-refractivity contribution in [2.75, 3.05) is 0 Å². The van der Waals surface area contributed by atoms with Gasteiger partial charge in [-0.2, -0.15) is 0 Å². The van der Waals surface area contributed by atoms with E-state index in [1.807, 2.05) is 67.3 Å². The summed E-state index contributed by atoms with van der Waals surface area (Å²) >= 11 is 0. The number of rotatable bonds is 7. The van der Waals surface area contributed by atoms with Crippen molar-refractivity contribution < 1.29 is 9.53 Å². The van der Waals surface area contributed by atoms with Crippen molar-refractivity contribution in [2.24, 2.45) is 0 Å². The third-order valence-corrected chi connectivity index (χ3v) is 4.42. The Bertz CT molecular complexity index is 656. The molecule has 0 unspecified atom stereocenters. The molecule has 2 aromatic rings. The summed E-state index contributed by atoms with van der Waals surface area (Å²) < 4.78 is 5.82. The van der Waals surface area contributed by atoms with E-state index in [1.54, 1.807) is 6.20 Å². The Morgan fingerprint density at radius 1 is 1.17 bits per heavy atom. The van der Waals surface area contributed by atoms with Crippen molar-refractivity contribution in [3.63, 3.8) is 0 Å². The Kier molecular flexibility index (Phi) is 5.26. The number of pyridine rings is 1. The zero-order valence-corrected chi connectivity index (χ0v) is 14.3. The largest absolute Gasteiger partial charge is 0.364 e. The maximum atomic E-state index is 12.9. The number of aromatic nitrogens is 1. The van der Waals surface area contributed by atoms with Gasteiger partial charge in [-0.25, -0.2) is 0 Å². The van der Waals surface area contributed by atoms with Crippen LogP contribution in [0.15, 0.2) is 54.7 Å². The summed E-state index contributed by atoms with van der Waals surface area (Å²) in [7, 11) is 0. The van der Waals surface area contributed by atoms with E-state index >= 15 is 0 Å². The predicted molar refractivity (Wildman–Crippen MR) is 93.2 cm³/mol. The highest BCUT2D eigenvalue weighted by Crippen LogP contribution is 2.34. The molecule has 1 aromatic heterocycles. The van der Waals surface area contributed by atoms with Crippen LogP contribution in [-0.4, -0.2) is 27.9 Å². The molecule has 0 bridgehead atoms. The van der Waals surface area contributed by atoms with Gasteiger partial charge in [0.05, 0.1) is 18.3 Å². The van der Waals surface area contributed by atoms with E-state index in [4.69, 9.17) is 4.74 Å². The lowest BCUT2D eigenvalue weighted by Gasteiger charge is -2.31. The second kappa shape index (κ2) is 7.58. The number of hydrogen-bond donors (Lipinski definition) is 0. The molecule has 0 saturated heterocycles. The normalized spacial score (nSPS) is 16.4. The molecule has 1 amide bonds. The predicted octanol–water partition coefficient (Wildman–Crippen LogP) is 3.74. The lowest BCUT2D eigenvalue weighted by Crippen LogP contribution is -2.42. The number of amides is 1. The Morgan fingerprint density at radius 3 is 2.50 bits per heavy atom. The van der Waals surface area contributed by atoms with E-state index in [0.717, 1.165) is 24.1 Å². The molecule has 0 radical (unpaired) electrons. The first-order chi connectivity index (χ1) is 11.7. The topological polar surface area (TPSA) is 42.4 Å². The van der Waals surface area contributed by atoms with Crippen molar-refractivity contribution in [1.82, 2.24) is 9.88 Å². The number of nitrogens with zero attached hydrogens (tertiary/aromatic N) is 2. The summed E-state index contributed by atoms with van der Waals surface area (Å²) in [6.45, 7) is 4.33. The van der Waals surface area contributed by atoms with Crippen molar-refractivity contribution in [1.29, 1.82) is 0 Å². The zero-order chi connectivity index (χ0) is 16.9. The maximum absolute atomic E-state index is 12.9. The summed E-state index contributed by atoms with van der Waals surface area (Å²) in [6.07, 6.45) is 3.44. The number of ether oxygens (including phenoxy) is 1. The van der Waals surface area contributed by atoms with Crippen LogP contribution in [-0.2, 0) is 16.1 Å². The van der Waals surface area contributed by atoms with Crippen LogP contribution in [0.3, 0.4) is 0 Å². The first kappa shape index (κ1) is 16.7. The van der Waals surface area contributed by atoms with Gasteiger partial charge < -0.3 is 9.64 Å². The first-order valence-electron chi connectivity index (χ1n) is 8.55. The van der Waals surface area contributed by atoms with E-state index in [0.29, 0.717) is 12.6 Å². The molecule has 1 aliphatic carbocycles. The van der Waals surface area contributed by atoms with E-state index in [1.165, 1.54) is 0 Å². The molecular formula is C20H24N2O2. The van der Waals surface area contributed by atoms with E-state index < -0.39 is 6.10 Å². The molecule has 126 valence electrons. The molecule has 1 saturated carbocycles. The van der Waals surface area contributed by atoms with Gasteiger partial charge in [-0.05, 0) is 44.4 Å². The van der Waals surface area contributed by atoms with E-state index in [-0.39, 0.29) is 11.9 Å². The van der Waals surface area contributed by atoms with Gasteiger partial charge in [0.1, 0.15) is 6.10 Å². The summed E-state index contributed by atoms with van der Waals surface area (Å²) in [6, 6.07) is 16.1. The molecule has 0 spiro atoms. The Hall–Kier alpha value is -2.20. The maximum Gasteiger partial charge on any atom is 0.252 e. The standard InChI is InChI=1S/C20H24N2O2/c1-15(19-10-6-7-13-21-19)22(18-11-12-18)20(23)16(2)24-14-17-8-4-3-5-9-17/h3-10,13,15-16,18H,11-12,14H2,1-2H3/t15-,16+/m1/s1. The molecule has 1 aromatic carbocycles. The molecule has 1 fully saturated rings. The minimum Gasteiger partial charge on any atom is -0.364 e. The number of carbonyl (C=O) groups excluding carboxylic acids is 1. The minimum atomic E-state index is -0.461. The first-order valence-corrected chi connectivity index (χ1v) is 8.55.